The molecule has 1 N–H and O–H groups in total. The fourth-order valence-corrected chi connectivity index (χ4v) is 3.25. The maximum atomic E-state index is 5.97. The van der Waals surface area contributed by atoms with Crippen LogP contribution >= 0.6 is 0 Å². The highest BCUT2D eigenvalue weighted by molar-refractivity contribution is 5.49. The molecular weight excluding hydrogens is 262 g/mol. The Morgan fingerprint density at radius 3 is 2.67 bits per heavy atom. The molecular formula is C18H27NO2. The summed E-state index contributed by atoms with van der Waals surface area (Å²) < 4.78 is 11.9. The molecule has 0 spiro atoms. The van der Waals surface area contributed by atoms with E-state index in [1.54, 1.807) is 0 Å². The first kappa shape index (κ1) is 14.7. The number of rotatable bonds is 3. The van der Waals surface area contributed by atoms with Gasteiger partial charge in [0.25, 0.3) is 0 Å². The van der Waals surface area contributed by atoms with Crippen LogP contribution in [0.1, 0.15) is 56.7 Å². The molecule has 3 nitrogen and oxygen atoms in total. The van der Waals surface area contributed by atoms with E-state index in [9.17, 15) is 0 Å². The highest BCUT2D eigenvalue weighted by atomic mass is 16.5. The van der Waals surface area contributed by atoms with Crippen molar-refractivity contribution >= 4 is 0 Å². The van der Waals surface area contributed by atoms with Gasteiger partial charge in [0.05, 0.1) is 13.2 Å². The highest BCUT2D eigenvalue weighted by Gasteiger charge is 2.23. The normalized spacial score (nSPS) is 24.9. The average molecular weight is 289 g/mol. The Kier molecular flexibility index (Phi) is 4.69. The van der Waals surface area contributed by atoms with Gasteiger partial charge in [-0.15, -0.1) is 0 Å². The summed E-state index contributed by atoms with van der Waals surface area (Å²) in [4.78, 5) is 0. The van der Waals surface area contributed by atoms with Gasteiger partial charge in [0, 0.05) is 12.0 Å². The van der Waals surface area contributed by atoms with Crippen LogP contribution in [0.15, 0.2) is 12.1 Å². The first-order chi connectivity index (χ1) is 10.3. The van der Waals surface area contributed by atoms with E-state index in [0.29, 0.717) is 12.0 Å². The van der Waals surface area contributed by atoms with Gasteiger partial charge in [0.1, 0.15) is 0 Å². The summed E-state index contributed by atoms with van der Waals surface area (Å²) in [5.74, 6) is 2.32. The maximum absolute atomic E-state index is 5.97. The molecule has 1 aromatic carbocycles. The predicted octanol–water partition coefficient (Wildman–Crippen LogP) is 3.86. The van der Waals surface area contributed by atoms with E-state index in [-0.39, 0.29) is 0 Å². The van der Waals surface area contributed by atoms with Crippen LogP contribution in [0.25, 0.3) is 0 Å². The molecule has 1 aliphatic carbocycles. The van der Waals surface area contributed by atoms with E-state index in [1.165, 1.54) is 36.8 Å². The molecule has 0 saturated carbocycles. The summed E-state index contributed by atoms with van der Waals surface area (Å²) >= 11 is 0. The van der Waals surface area contributed by atoms with Gasteiger partial charge >= 0.3 is 0 Å². The minimum Gasteiger partial charge on any atom is -0.489 e. The Bertz CT molecular complexity index is 486. The van der Waals surface area contributed by atoms with E-state index in [2.05, 4.69) is 31.3 Å². The molecule has 0 aromatic heterocycles. The number of hydrogen-bond donors (Lipinski definition) is 1. The molecule has 2 unspecified atom stereocenters. The largest absolute Gasteiger partial charge is 0.489 e. The van der Waals surface area contributed by atoms with E-state index >= 15 is 0 Å². The van der Waals surface area contributed by atoms with Crippen LogP contribution in [-0.2, 0) is 6.42 Å². The van der Waals surface area contributed by atoms with E-state index in [0.717, 1.165) is 37.7 Å². The molecule has 2 aliphatic rings. The lowest BCUT2D eigenvalue weighted by Crippen LogP contribution is -2.22. The molecule has 21 heavy (non-hydrogen) atoms. The van der Waals surface area contributed by atoms with Crippen LogP contribution in [0.3, 0.4) is 0 Å². The number of fused-ring (bicyclic) bond motifs is 2. The zero-order chi connectivity index (χ0) is 14.7. The van der Waals surface area contributed by atoms with Gasteiger partial charge in [-0.25, -0.2) is 0 Å². The summed E-state index contributed by atoms with van der Waals surface area (Å²) in [6.07, 6.45) is 6.12. The Labute approximate surface area is 128 Å². The second kappa shape index (κ2) is 6.69. The van der Waals surface area contributed by atoms with E-state index < -0.39 is 0 Å². The Morgan fingerprint density at radius 1 is 1.14 bits per heavy atom. The summed E-state index contributed by atoms with van der Waals surface area (Å²) in [5.41, 5.74) is 2.87. The van der Waals surface area contributed by atoms with Crippen molar-refractivity contribution in [1.29, 1.82) is 0 Å². The van der Waals surface area contributed by atoms with E-state index in [1.807, 2.05) is 0 Å². The van der Waals surface area contributed by atoms with Crippen molar-refractivity contribution in [3.63, 3.8) is 0 Å². The molecule has 1 aromatic rings. The minimum absolute atomic E-state index is 0.450. The molecule has 2 atom stereocenters. The van der Waals surface area contributed by atoms with Crippen molar-refractivity contribution in [2.24, 2.45) is 5.92 Å². The Hall–Kier alpha value is -1.22. The van der Waals surface area contributed by atoms with Gasteiger partial charge in [0.2, 0.25) is 0 Å². The SMILES string of the molecule is CCCNC1CCCCc2cc3c(cc21)OCC(C)CO3. The van der Waals surface area contributed by atoms with Crippen LogP contribution in [0.5, 0.6) is 11.5 Å². The third-order valence-electron chi connectivity index (χ3n) is 4.46. The topological polar surface area (TPSA) is 30.5 Å². The van der Waals surface area contributed by atoms with Gasteiger partial charge in [-0.3, -0.25) is 0 Å². The van der Waals surface area contributed by atoms with Crippen LogP contribution in [0.4, 0.5) is 0 Å². The maximum Gasteiger partial charge on any atom is 0.161 e. The second-order valence-corrected chi connectivity index (χ2v) is 6.48. The number of benzene rings is 1. The van der Waals surface area contributed by atoms with Crippen molar-refractivity contribution in [2.75, 3.05) is 19.8 Å². The molecule has 0 bridgehead atoms. The van der Waals surface area contributed by atoms with Gasteiger partial charge in [-0.1, -0.05) is 20.3 Å². The monoisotopic (exact) mass is 289 g/mol. The third-order valence-corrected chi connectivity index (χ3v) is 4.46. The minimum atomic E-state index is 0.450. The van der Waals surface area contributed by atoms with Crippen molar-refractivity contribution in [1.82, 2.24) is 5.32 Å². The summed E-state index contributed by atoms with van der Waals surface area (Å²) in [5, 5.41) is 3.70. The quantitative estimate of drug-likeness (QED) is 0.857. The zero-order valence-electron chi connectivity index (χ0n) is 13.3. The van der Waals surface area contributed by atoms with Crippen LogP contribution in [-0.4, -0.2) is 19.8 Å². The van der Waals surface area contributed by atoms with Gasteiger partial charge in [0.15, 0.2) is 11.5 Å². The van der Waals surface area contributed by atoms with Crippen molar-refractivity contribution in [2.45, 2.75) is 52.0 Å². The lowest BCUT2D eigenvalue weighted by atomic mass is 9.98. The first-order valence-electron chi connectivity index (χ1n) is 8.43. The lowest BCUT2D eigenvalue weighted by Gasteiger charge is -2.21. The van der Waals surface area contributed by atoms with Crippen LogP contribution in [0, 0.1) is 5.92 Å². The van der Waals surface area contributed by atoms with Gasteiger partial charge in [-0.05, 0) is 55.5 Å². The first-order valence-corrected chi connectivity index (χ1v) is 8.43. The lowest BCUT2D eigenvalue weighted by molar-refractivity contribution is 0.228. The Morgan fingerprint density at radius 2 is 1.90 bits per heavy atom. The van der Waals surface area contributed by atoms with Crippen molar-refractivity contribution < 1.29 is 9.47 Å². The van der Waals surface area contributed by atoms with E-state index in [4.69, 9.17) is 9.47 Å². The molecule has 116 valence electrons. The predicted molar refractivity (Wildman–Crippen MR) is 85.2 cm³/mol. The summed E-state index contributed by atoms with van der Waals surface area (Å²) in [6.45, 7) is 6.97. The highest BCUT2D eigenvalue weighted by Crippen LogP contribution is 2.39. The molecule has 3 rings (SSSR count). The van der Waals surface area contributed by atoms with Gasteiger partial charge < -0.3 is 14.8 Å². The third kappa shape index (κ3) is 3.34. The number of hydrogen-bond acceptors (Lipinski definition) is 3. The number of aryl methyl sites for hydroxylation is 1. The molecule has 0 fully saturated rings. The molecule has 0 radical (unpaired) electrons. The van der Waals surface area contributed by atoms with Crippen molar-refractivity contribution in [3.05, 3.63) is 23.3 Å². The molecule has 0 saturated heterocycles. The molecule has 1 aliphatic heterocycles. The molecule has 1 heterocycles. The smallest absolute Gasteiger partial charge is 0.161 e. The summed E-state index contributed by atoms with van der Waals surface area (Å²) in [7, 11) is 0. The molecule has 0 amide bonds. The molecule has 3 heteroatoms. The van der Waals surface area contributed by atoms with Crippen molar-refractivity contribution in [3.8, 4) is 11.5 Å². The van der Waals surface area contributed by atoms with Gasteiger partial charge in [-0.2, -0.15) is 0 Å². The van der Waals surface area contributed by atoms with Crippen LogP contribution < -0.4 is 14.8 Å². The number of ether oxygens (including phenoxy) is 2. The average Bonchev–Trinajstić information content (AvgIpc) is 2.80. The Balaban J connectivity index is 1.91. The zero-order valence-corrected chi connectivity index (χ0v) is 13.3. The number of nitrogens with one attached hydrogen (secondary N) is 1. The van der Waals surface area contributed by atoms with Crippen LogP contribution in [0.2, 0.25) is 0 Å². The summed E-state index contributed by atoms with van der Waals surface area (Å²) in [6, 6.07) is 4.94. The fourth-order valence-electron chi connectivity index (χ4n) is 3.25. The standard InChI is InChI=1S/C18H27NO2/c1-3-8-19-16-7-5-4-6-14-9-17-18(10-15(14)16)21-12-13(2)11-20-17/h9-10,13,16,19H,3-8,11-12H2,1-2H3. The fraction of sp³-hybridized carbons (Fsp3) is 0.667. The second-order valence-electron chi connectivity index (χ2n) is 6.48.